The van der Waals surface area contributed by atoms with Crippen molar-refractivity contribution < 1.29 is 28.5 Å². The SMILES string of the molecule is COC(=O)c1c2c(c3cc(OC)c(N4CCOCC4)cc3c1-c1ccccc1)OCC=C2c1ccc(OC)cc1. The van der Waals surface area contributed by atoms with E-state index >= 15 is 0 Å². The van der Waals surface area contributed by atoms with Crippen LogP contribution in [0.2, 0.25) is 0 Å². The Balaban J connectivity index is 1.72. The molecule has 1 saturated heterocycles. The molecule has 1 fully saturated rings. The number of esters is 1. The Bertz CT molecular complexity index is 1590. The summed E-state index contributed by atoms with van der Waals surface area (Å²) in [6.07, 6.45) is 2.01. The lowest BCUT2D eigenvalue weighted by Gasteiger charge is -2.31. The summed E-state index contributed by atoms with van der Waals surface area (Å²) >= 11 is 0. The molecule has 2 heterocycles. The molecule has 0 bridgehead atoms. The maximum atomic E-state index is 13.7. The molecule has 0 N–H and O–H groups in total. The summed E-state index contributed by atoms with van der Waals surface area (Å²) in [4.78, 5) is 16.0. The Hall–Kier alpha value is -4.49. The summed E-state index contributed by atoms with van der Waals surface area (Å²) in [5.74, 6) is 1.71. The molecule has 0 spiro atoms. The molecule has 0 saturated carbocycles. The van der Waals surface area contributed by atoms with Gasteiger partial charge in [-0.15, -0.1) is 0 Å². The fourth-order valence-electron chi connectivity index (χ4n) is 5.65. The van der Waals surface area contributed by atoms with Crippen LogP contribution in [0.1, 0.15) is 21.5 Å². The highest BCUT2D eigenvalue weighted by atomic mass is 16.5. The van der Waals surface area contributed by atoms with E-state index in [0.717, 1.165) is 63.3 Å². The number of carbonyl (C=O) groups excluding carboxylic acids is 1. The van der Waals surface area contributed by atoms with Crippen molar-refractivity contribution in [2.24, 2.45) is 0 Å². The molecule has 204 valence electrons. The van der Waals surface area contributed by atoms with Crippen LogP contribution in [0.3, 0.4) is 0 Å². The lowest BCUT2D eigenvalue weighted by molar-refractivity contribution is 0.0601. The number of nitrogens with zero attached hydrogens (tertiary/aromatic N) is 1. The molecule has 2 aliphatic heterocycles. The topological polar surface area (TPSA) is 66.5 Å². The summed E-state index contributed by atoms with van der Waals surface area (Å²) in [5.41, 5.74) is 5.68. The standard InChI is InChI=1S/C33H31NO6/c1-36-23-11-9-21(10-12-23)24-13-16-40-32-26-20-28(37-2)27(34-14-17-39-18-15-34)19-25(26)29(22-7-5-4-6-8-22)31(30(24)32)33(35)38-3/h4-13,19-20H,14-18H2,1-3H3. The number of methoxy groups -OCH3 is 3. The zero-order chi connectivity index (χ0) is 27.6. The molecule has 0 radical (unpaired) electrons. The van der Waals surface area contributed by atoms with Crippen LogP contribution in [-0.2, 0) is 9.47 Å². The van der Waals surface area contributed by atoms with Gasteiger partial charge in [0.1, 0.15) is 23.9 Å². The van der Waals surface area contributed by atoms with Crippen LogP contribution in [-0.4, -0.2) is 60.2 Å². The van der Waals surface area contributed by atoms with Gasteiger partial charge in [-0.2, -0.15) is 0 Å². The number of fused-ring (bicyclic) bond motifs is 3. The fourth-order valence-corrected chi connectivity index (χ4v) is 5.65. The molecule has 0 unspecified atom stereocenters. The summed E-state index contributed by atoms with van der Waals surface area (Å²) in [6, 6.07) is 21.9. The van der Waals surface area contributed by atoms with Gasteiger partial charge < -0.3 is 28.6 Å². The van der Waals surface area contributed by atoms with Gasteiger partial charge in [0.2, 0.25) is 0 Å². The Morgan fingerprint density at radius 3 is 2.25 bits per heavy atom. The number of rotatable bonds is 6. The third-order valence-electron chi connectivity index (χ3n) is 7.55. The highest BCUT2D eigenvalue weighted by Gasteiger charge is 2.32. The van der Waals surface area contributed by atoms with Crippen molar-refractivity contribution in [1.29, 1.82) is 0 Å². The van der Waals surface area contributed by atoms with E-state index < -0.39 is 5.97 Å². The number of hydrogen-bond donors (Lipinski definition) is 0. The van der Waals surface area contributed by atoms with Gasteiger partial charge >= 0.3 is 5.97 Å². The minimum absolute atomic E-state index is 0.363. The number of ether oxygens (including phenoxy) is 5. The molecule has 7 nitrogen and oxygen atoms in total. The Labute approximate surface area is 233 Å². The summed E-state index contributed by atoms with van der Waals surface area (Å²) in [6.45, 7) is 3.14. The van der Waals surface area contributed by atoms with Crippen LogP contribution in [0.5, 0.6) is 17.2 Å². The smallest absolute Gasteiger partial charge is 0.339 e. The number of hydrogen-bond acceptors (Lipinski definition) is 7. The highest BCUT2D eigenvalue weighted by molar-refractivity contribution is 6.17. The van der Waals surface area contributed by atoms with Crippen molar-refractivity contribution >= 4 is 28.0 Å². The van der Waals surface area contributed by atoms with Crippen LogP contribution < -0.4 is 19.1 Å². The third kappa shape index (κ3) is 4.42. The van der Waals surface area contributed by atoms with Gasteiger partial charge in [0.05, 0.1) is 45.8 Å². The quantitative estimate of drug-likeness (QED) is 0.281. The molecule has 0 aromatic heterocycles. The van der Waals surface area contributed by atoms with Crippen molar-refractivity contribution in [3.63, 3.8) is 0 Å². The van der Waals surface area contributed by atoms with Crippen LogP contribution in [0.15, 0.2) is 72.8 Å². The monoisotopic (exact) mass is 537 g/mol. The summed E-state index contributed by atoms with van der Waals surface area (Å²) in [7, 11) is 4.74. The van der Waals surface area contributed by atoms with Gasteiger partial charge in [-0.3, -0.25) is 0 Å². The molecule has 4 aromatic rings. The van der Waals surface area contributed by atoms with Gasteiger partial charge in [0, 0.05) is 29.6 Å². The summed E-state index contributed by atoms with van der Waals surface area (Å²) < 4.78 is 28.7. The van der Waals surface area contributed by atoms with E-state index in [2.05, 4.69) is 11.0 Å². The van der Waals surface area contributed by atoms with Gasteiger partial charge in [0.25, 0.3) is 0 Å². The second-order valence-electron chi connectivity index (χ2n) is 9.64. The van der Waals surface area contributed by atoms with Crippen LogP contribution in [0, 0.1) is 0 Å². The third-order valence-corrected chi connectivity index (χ3v) is 7.55. The van der Waals surface area contributed by atoms with Crippen LogP contribution in [0.25, 0.3) is 27.5 Å². The van der Waals surface area contributed by atoms with E-state index in [4.69, 9.17) is 23.7 Å². The molecule has 6 rings (SSSR count). The molecular formula is C33H31NO6. The lowest BCUT2D eigenvalue weighted by Crippen LogP contribution is -2.36. The van der Waals surface area contributed by atoms with Crippen molar-refractivity contribution in [2.75, 3.05) is 59.1 Å². The van der Waals surface area contributed by atoms with Crippen molar-refractivity contribution in [1.82, 2.24) is 0 Å². The van der Waals surface area contributed by atoms with E-state index in [9.17, 15) is 4.79 Å². The molecule has 0 atom stereocenters. The molecule has 40 heavy (non-hydrogen) atoms. The van der Waals surface area contributed by atoms with E-state index in [1.807, 2.05) is 66.7 Å². The van der Waals surface area contributed by atoms with Gasteiger partial charge in [-0.1, -0.05) is 42.5 Å². The van der Waals surface area contributed by atoms with Crippen molar-refractivity contribution in [3.8, 4) is 28.4 Å². The average Bonchev–Trinajstić information content (AvgIpc) is 3.03. The first-order valence-corrected chi connectivity index (χ1v) is 13.3. The number of anilines is 1. The predicted molar refractivity (Wildman–Crippen MR) is 156 cm³/mol. The number of benzene rings is 4. The van der Waals surface area contributed by atoms with Crippen molar-refractivity contribution in [3.05, 3.63) is 89.5 Å². The first kappa shape index (κ1) is 25.8. The number of morpholine rings is 1. The molecule has 4 aromatic carbocycles. The summed E-state index contributed by atoms with van der Waals surface area (Å²) in [5, 5.41) is 1.76. The molecule has 0 aliphatic carbocycles. The second kappa shape index (κ2) is 10.9. The Morgan fingerprint density at radius 2 is 1.57 bits per heavy atom. The van der Waals surface area contributed by atoms with Gasteiger partial charge in [-0.25, -0.2) is 4.79 Å². The first-order valence-electron chi connectivity index (χ1n) is 13.3. The normalized spacial score (nSPS) is 14.7. The minimum atomic E-state index is -0.425. The zero-order valence-corrected chi connectivity index (χ0v) is 22.9. The largest absolute Gasteiger partial charge is 0.497 e. The lowest BCUT2D eigenvalue weighted by atomic mass is 9.83. The molecule has 0 amide bonds. The first-order chi connectivity index (χ1) is 19.6. The maximum Gasteiger partial charge on any atom is 0.339 e. The minimum Gasteiger partial charge on any atom is -0.497 e. The second-order valence-corrected chi connectivity index (χ2v) is 9.64. The van der Waals surface area contributed by atoms with Crippen LogP contribution >= 0.6 is 0 Å². The highest BCUT2D eigenvalue weighted by Crippen LogP contribution is 2.50. The van der Waals surface area contributed by atoms with Crippen molar-refractivity contribution in [2.45, 2.75) is 0 Å². The maximum absolute atomic E-state index is 13.7. The van der Waals surface area contributed by atoms with E-state index in [1.54, 1.807) is 14.2 Å². The van der Waals surface area contributed by atoms with Crippen LogP contribution in [0.4, 0.5) is 5.69 Å². The van der Waals surface area contributed by atoms with Gasteiger partial charge in [0.15, 0.2) is 0 Å². The van der Waals surface area contributed by atoms with E-state index in [0.29, 0.717) is 36.7 Å². The average molecular weight is 538 g/mol. The molecular weight excluding hydrogens is 506 g/mol. The predicted octanol–water partition coefficient (Wildman–Crippen LogP) is 5.97. The zero-order valence-electron chi connectivity index (χ0n) is 22.9. The Kier molecular flexibility index (Phi) is 7.05. The molecule has 7 heteroatoms. The van der Waals surface area contributed by atoms with Gasteiger partial charge in [-0.05, 0) is 52.4 Å². The van der Waals surface area contributed by atoms with E-state index in [-0.39, 0.29) is 0 Å². The molecule has 2 aliphatic rings. The fraction of sp³-hybridized carbons (Fsp3) is 0.242. The Morgan fingerprint density at radius 1 is 0.825 bits per heavy atom. The van der Waals surface area contributed by atoms with E-state index in [1.165, 1.54) is 7.11 Å². The number of carbonyl (C=O) groups is 1.